The Bertz CT molecular complexity index is 797. The molecule has 8 heteroatoms. The van der Waals surface area contributed by atoms with Crippen molar-refractivity contribution in [1.82, 2.24) is 20.4 Å². The van der Waals surface area contributed by atoms with E-state index in [2.05, 4.69) is 48.4 Å². The first-order valence-electron chi connectivity index (χ1n) is 9.36. The molecule has 0 atom stereocenters. The van der Waals surface area contributed by atoms with E-state index in [-0.39, 0.29) is 29.5 Å². The molecule has 0 aliphatic carbocycles. The predicted octanol–water partition coefficient (Wildman–Crippen LogP) is 3.11. The number of carbonyl (C=O) groups is 2. The number of likely N-dealkylation sites (N-methyl/N-ethyl adjacent to an activating group) is 2. The third kappa shape index (κ3) is 6.09. The van der Waals surface area contributed by atoms with Gasteiger partial charge in [-0.05, 0) is 37.0 Å². The highest BCUT2D eigenvalue weighted by Gasteiger charge is 2.18. The Labute approximate surface area is 170 Å². The number of thioether (sulfide) groups is 1. The van der Waals surface area contributed by atoms with Gasteiger partial charge in [0.2, 0.25) is 17.7 Å². The van der Waals surface area contributed by atoms with Crippen LogP contribution < -0.4 is 5.32 Å². The summed E-state index contributed by atoms with van der Waals surface area (Å²) in [7, 11) is 0. The average Bonchev–Trinajstić information content (AvgIpc) is 3.13. The Morgan fingerprint density at radius 3 is 2.39 bits per heavy atom. The van der Waals surface area contributed by atoms with Gasteiger partial charge in [0.05, 0.1) is 12.3 Å². The molecular weight excluding hydrogens is 376 g/mol. The summed E-state index contributed by atoms with van der Waals surface area (Å²) in [5.41, 5.74) is 2.14. The van der Waals surface area contributed by atoms with Crippen LogP contribution in [0.4, 0.5) is 0 Å². The zero-order chi connectivity index (χ0) is 20.7. The van der Waals surface area contributed by atoms with E-state index in [0.717, 1.165) is 5.56 Å². The lowest BCUT2D eigenvalue weighted by atomic mass is 9.87. The molecule has 28 heavy (non-hydrogen) atoms. The maximum atomic E-state index is 12.3. The van der Waals surface area contributed by atoms with Gasteiger partial charge in [0.25, 0.3) is 5.22 Å². The Hall–Kier alpha value is -2.35. The van der Waals surface area contributed by atoms with Gasteiger partial charge in [-0.1, -0.05) is 44.7 Å². The molecule has 1 aromatic carbocycles. The molecule has 2 aromatic rings. The van der Waals surface area contributed by atoms with Crippen molar-refractivity contribution in [3.63, 3.8) is 0 Å². The lowest BCUT2D eigenvalue weighted by Gasteiger charge is -2.19. The van der Waals surface area contributed by atoms with Crippen LogP contribution >= 0.6 is 11.8 Å². The number of carbonyl (C=O) groups excluding carboxylic acids is 2. The molecule has 1 N–H and O–H groups in total. The smallest absolute Gasteiger partial charge is 0.277 e. The largest absolute Gasteiger partial charge is 0.411 e. The van der Waals surface area contributed by atoms with Crippen molar-refractivity contribution in [3.8, 4) is 11.5 Å². The fourth-order valence-electron chi connectivity index (χ4n) is 2.52. The fourth-order valence-corrected chi connectivity index (χ4v) is 3.18. The van der Waals surface area contributed by atoms with Gasteiger partial charge in [0.15, 0.2) is 0 Å². The average molecular weight is 405 g/mol. The molecule has 0 aliphatic heterocycles. The first kappa shape index (κ1) is 21.9. The van der Waals surface area contributed by atoms with Crippen molar-refractivity contribution in [2.75, 3.05) is 25.4 Å². The summed E-state index contributed by atoms with van der Waals surface area (Å²) in [4.78, 5) is 25.5. The summed E-state index contributed by atoms with van der Waals surface area (Å²) >= 11 is 1.17. The summed E-state index contributed by atoms with van der Waals surface area (Å²) in [6.45, 7) is 11.2. The van der Waals surface area contributed by atoms with E-state index in [9.17, 15) is 9.59 Å². The summed E-state index contributed by atoms with van der Waals surface area (Å²) in [5, 5.41) is 11.1. The fraction of sp³-hybridized carbons (Fsp3) is 0.500. The Morgan fingerprint density at radius 2 is 1.82 bits per heavy atom. The number of amides is 2. The molecule has 0 unspecified atom stereocenters. The van der Waals surface area contributed by atoms with Crippen molar-refractivity contribution >= 4 is 23.6 Å². The first-order valence-corrected chi connectivity index (χ1v) is 10.3. The highest BCUT2D eigenvalue weighted by molar-refractivity contribution is 7.99. The summed E-state index contributed by atoms with van der Waals surface area (Å²) in [5.74, 6) is 0.247. The van der Waals surface area contributed by atoms with Crippen molar-refractivity contribution in [1.29, 1.82) is 0 Å². The van der Waals surface area contributed by atoms with E-state index in [1.807, 2.05) is 26.0 Å². The number of hydrogen-bond donors (Lipinski definition) is 1. The highest BCUT2D eigenvalue weighted by atomic mass is 32.2. The van der Waals surface area contributed by atoms with E-state index in [1.54, 1.807) is 0 Å². The van der Waals surface area contributed by atoms with E-state index in [4.69, 9.17) is 4.42 Å². The van der Waals surface area contributed by atoms with Crippen LogP contribution in [0.3, 0.4) is 0 Å². The molecule has 1 aromatic heterocycles. The molecule has 152 valence electrons. The molecule has 7 nitrogen and oxygen atoms in total. The summed E-state index contributed by atoms with van der Waals surface area (Å²) in [6.07, 6.45) is 0. The minimum atomic E-state index is -0.165. The van der Waals surface area contributed by atoms with Crippen LogP contribution in [0.5, 0.6) is 0 Å². The number of nitrogens with zero attached hydrogens (tertiary/aromatic N) is 3. The molecule has 1 heterocycles. The summed E-state index contributed by atoms with van der Waals surface area (Å²) < 4.78 is 5.67. The van der Waals surface area contributed by atoms with Crippen LogP contribution in [0.2, 0.25) is 0 Å². The molecule has 0 saturated carbocycles. The van der Waals surface area contributed by atoms with Gasteiger partial charge < -0.3 is 14.6 Å². The normalized spacial score (nSPS) is 11.3. The molecule has 0 aliphatic rings. The molecule has 0 radical (unpaired) electrons. The van der Waals surface area contributed by atoms with Crippen LogP contribution in [-0.4, -0.2) is 52.3 Å². The number of rotatable bonds is 8. The van der Waals surface area contributed by atoms with Gasteiger partial charge in [-0.15, -0.1) is 10.2 Å². The van der Waals surface area contributed by atoms with Crippen LogP contribution in [-0.2, 0) is 15.0 Å². The van der Waals surface area contributed by atoms with Gasteiger partial charge >= 0.3 is 0 Å². The summed E-state index contributed by atoms with van der Waals surface area (Å²) in [6, 6.07) is 8.02. The number of aromatic nitrogens is 2. The third-order valence-corrected chi connectivity index (χ3v) is 4.97. The second-order valence-corrected chi connectivity index (χ2v) is 8.28. The van der Waals surface area contributed by atoms with Gasteiger partial charge in [-0.3, -0.25) is 9.59 Å². The Balaban J connectivity index is 1.95. The lowest BCUT2D eigenvalue weighted by Crippen LogP contribution is -2.41. The van der Waals surface area contributed by atoms with Gasteiger partial charge in [0.1, 0.15) is 0 Å². The van der Waals surface area contributed by atoms with E-state index >= 15 is 0 Å². The van der Waals surface area contributed by atoms with Crippen molar-refractivity contribution < 1.29 is 14.0 Å². The van der Waals surface area contributed by atoms with Crippen LogP contribution in [0.15, 0.2) is 33.9 Å². The second kappa shape index (κ2) is 9.73. The van der Waals surface area contributed by atoms with Crippen LogP contribution in [0.1, 0.15) is 40.2 Å². The Kier molecular flexibility index (Phi) is 7.62. The molecule has 2 rings (SSSR count). The number of hydrogen-bond acceptors (Lipinski definition) is 6. The highest BCUT2D eigenvalue weighted by Crippen LogP contribution is 2.27. The van der Waals surface area contributed by atoms with Crippen molar-refractivity contribution in [2.45, 2.75) is 45.3 Å². The zero-order valence-corrected chi connectivity index (χ0v) is 17.9. The predicted molar refractivity (Wildman–Crippen MR) is 110 cm³/mol. The second-order valence-electron chi connectivity index (χ2n) is 7.35. The molecule has 0 saturated heterocycles. The monoisotopic (exact) mass is 404 g/mol. The quantitative estimate of drug-likeness (QED) is 0.680. The Morgan fingerprint density at radius 1 is 1.14 bits per heavy atom. The van der Waals surface area contributed by atoms with Crippen molar-refractivity contribution in [2.24, 2.45) is 0 Å². The topological polar surface area (TPSA) is 88.3 Å². The van der Waals surface area contributed by atoms with Crippen molar-refractivity contribution in [3.05, 3.63) is 29.8 Å². The van der Waals surface area contributed by atoms with Gasteiger partial charge in [-0.25, -0.2) is 0 Å². The minimum Gasteiger partial charge on any atom is -0.411 e. The van der Waals surface area contributed by atoms with Crippen LogP contribution in [0, 0.1) is 0 Å². The van der Waals surface area contributed by atoms with Crippen LogP contribution in [0.25, 0.3) is 11.5 Å². The molecular formula is C20H28N4O3S. The maximum absolute atomic E-state index is 12.3. The minimum absolute atomic E-state index is 0.0545. The number of benzene rings is 1. The van der Waals surface area contributed by atoms with Gasteiger partial charge in [0, 0.05) is 18.7 Å². The third-order valence-electron chi connectivity index (χ3n) is 4.17. The zero-order valence-electron chi connectivity index (χ0n) is 17.1. The van der Waals surface area contributed by atoms with E-state index in [0.29, 0.717) is 24.2 Å². The molecule has 0 fully saturated rings. The SMILES string of the molecule is CCNC(=O)CN(CC)C(=O)CSc1nnc(-c2ccc(C(C)(C)C)cc2)o1. The molecule has 0 spiro atoms. The molecule has 2 amide bonds. The van der Waals surface area contributed by atoms with E-state index < -0.39 is 0 Å². The maximum Gasteiger partial charge on any atom is 0.277 e. The standard InChI is InChI=1S/C20H28N4O3S/c1-6-21-16(25)12-24(7-2)17(26)13-28-19-23-22-18(27-19)14-8-10-15(11-9-14)20(3,4)5/h8-11H,6-7,12-13H2,1-5H3,(H,21,25). The number of nitrogens with one attached hydrogen (secondary N) is 1. The molecule has 0 bridgehead atoms. The van der Waals surface area contributed by atoms with Gasteiger partial charge in [-0.2, -0.15) is 0 Å². The van der Waals surface area contributed by atoms with E-state index in [1.165, 1.54) is 22.2 Å². The lowest BCUT2D eigenvalue weighted by molar-refractivity contribution is -0.133. The first-order chi connectivity index (χ1) is 13.2.